The Morgan fingerprint density at radius 1 is 1.50 bits per heavy atom. The van der Waals surface area contributed by atoms with Gasteiger partial charge in [0.1, 0.15) is 0 Å². The molecule has 18 heavy (non-hydrogen) atoms. The van der Waals surface area contributed by atoms with Crippen LogP contribution < -0.4 is 5.32 Å². The van der Waals surface area contributed by atoms with Crippen LogP contribution in [0.15, 0.2) is 0 Å². The highest BCUT2D eigenvalue weighted by atomic mass is 32.2. The molecule has 1 saturated heterocycles. The minimum atomic E-state index is -0.755. The number of rotatable bonds is 7. The van der Waals surface area contributed by atoms with Crippen LogP contribution in [0, 0.1) is 5.92 Å². The zero-order chi connectivity index (χ0) is 13.4. The minimum absolute atomic E-state index is 0.00562. The smallest absolute Gasteiger partial charge is 0.317 e. The first kappa shape index (κ1) is 15.1. The molecule has 6 heteroatoms. The SMILES string of the molecule is CSCCCNC(=O)N1CCC(CCC(=O)O)C1. The summed E-state index contributed by atoms with van der Waals surface area (Å²) in [7, 11) is 0. The van der Waals surface area contributed by atoms with E-state index in [2.05, 4.69) is 11.6 Å². The Kier molecular flexibility index (Phi) is 6.93. The number of carboxylic acids is 1. The lowest BCUT2D eigenvalue weighted by molar-refractivity contribution is -0.137. The van der Waals surface area contributed by atoms with Crippen molar-refractivity contribution in [3.05, 3.63) is 0 Å². The maximum Gasteiger partial charge on any atom is 0.317 e. The molecule has 1 aliphatic rings. The molecule has 0 bridgehead atoms. The lowest BCUT2D eigenvalue weighted by Gasteiger charge is -2.17. The topological polar surface area (TPSA) is 69.6 Å². The molecule has 104 valence electrons. The molecular weight excluding hydrogens is 252 g/mol. The number of hydrogen-bond acceptors (Lipinski definition) is 3. The third-order valence-corrected chi connectivity index (χ3v) is 3.84. The van der Waals surface area contributed by atoms with E-state index in [1.54, 1.807) is 16.7 Å². The van der Waals surface area contributed by atoms with E-state index in [-0.39, 0.29) is 12.5 Å². The number of aliphatic carboxylic acids is 1. The number of urea groups is 1. The molecule has 1 fully saturated rings. The van der Waals surface area contributed by atoms with Gasteiger partial charge in [-0.2, -0.15) is 11.8 Å². The van der Waals surface area contributed by atoms with Crippen molar-refractivity contribution in [2.24, 2.45) is 5.92 Å². The summed E-state index contributed by atoms with van der Waals surface area (Å²) in [6.07, 6.45) is 4.84. The van der Waals surface area contributed by atoms with Crippen molar-refractivity contribution in [3.63, 3.8) is 0 Å². The highest BCUT2D eigenvalue weighted by Gasteiger charge is 2.26. The number of carbonyl (C=O) groups is 2. The summed E-state index contributed by atoms with van der Waals surface area (Å²) >= 11 is 1.77. The van der Waals surface area contributed by atoms with Crippen LogP contribution >= 0.6 is 11.8 Å². The average Bonchev–Trinajstić information content (AvgIpc) is 2.80. The monoisotopic (exact) mass is 274 g/mol. The first-order chi connectivity index (χ1) is 8.63. The van der Waals surface area contributed by atoms with E-state index in [0.29, 0.717) is 18.9 Å². The van der Waals surface area contributed by atoms with Crippen molar-refractivity contribution in [3.8, 4) is 0 Å². The molecule has 1 heterocycles. The van der Waals surface area contributed by atoms with E-state index >= 15 is 0 Å². The van der Waals surface area contributed by atoms with Crippen LogP contribution in [0.1, 0.15) is 25.7 Å². The van der Waals surface area contributed by atoms with Crippen molar-refractivity contribution in [2.45, 2.75) is 25.7 Å². The molecule has 1 rings (SSSR count). The van der Waals surface area contributed by atoms with E-state index in [4.69, 9.17) is 5.11 Å². The van der Waals surface area contributed by atoms with Gasteiger partial charge in [-0.15, -0.1) is 0 Å². The summed E-state index contributed by atoms with van der Waals surface area (Å²) in [5.41, 5.74) is 0. The molecule has 0 aromatic heterocycles. The van der Waals surface area contributed by atoms with Crippen molar-refractivity contribution in [1.29, 1.82) is 0 Å². The maximum absolute atomic E-state index is 11.8. The number of carbonyl (C=O) groups excluding carboxylic acids is 1. The van der Waals surface area contributed by atoms with E-state index in [1.165, 1.54) is 0 Å². The number of nitrogens with zero attached hydrogens (tertiary/aromatic N) is 1. The summed E-state index contributed by atoms with van der Waals surface area (Å²) in [5.74, 6) is 0.648. The van der Waals surface area contributed by atoms with Gasteiger partial charge in [0.05, 0.1) is 0 Å². The fourth-order valence-electron chi connectivity index (χ4n) is 2.10. The quantitative estimate of drug-likeness (QED) is 0.692. The Balaban J connectivity index is 2.16. The van der Waals surface area contributed by atoms with Gasteiger partial charge in [0.2, 0.25) is 0 Å². The molecule has 2 N–H and O–H groups in total. The van der Waals surface area contributed by atoms with Crippen molar-refractivity contribution >= 4 is 23.8 Å². The van der Waals surface area contributed by atoms with Crippen LogP contribution in [0.4, 0.5) is 4.79 Å². The van der Waals surface area contributed by atoms with E-state index in [1.807, 2.05) is 0 Å². The van der Waals surface area contributed by atoms with Gasteiger partial charge in [0, 0.05) is 26.1 Å². The standard InChI is InChI=1S/C12H22N2O3S/c1-18-8-2-6-13-12(17)14-7-5-10(9-14)3-4-11(15)16/h10H,2-9H2,1H3,(H,13,17)(H,15,16). The van der Waals surface area contributed by atoms with Crippen molar-refractivity contribution < 1.29 is 14.7 Å². The molecule has 1 aliphatic heterocycles. The Labute approximate surface area is 112 Å². The first-order valence-corrected chi connectivity index (χ1v) is 7.76. The van der Waals surface area contributed by atoms with E-state index in [9.17, 15) is 9.59 Å². The molecule has 2 amide bonds. The maximum atomic E-state index is 11.8. The van der Waals surface area contributed by atoms with Gasteiger partial charge in [0.15, 0.2) is 0 Å². The number of thioether (sulfide) groups is 1. The lowest BCUT2D eigenvalue weighted by Crippen LogP contribution is -2.39. The summed E-state index contributed by atoms with van der Waals surface area (Å²) in [6, 6.07) is -0.00562. The Bertz CT molecular complexity index is 286. The second-order valence-corrected chi connectivity index (χ2v) is 5.60. The van der Waals surface area contributed by atoms with Gasteiger partial charge < -0.3 is 15.3 Å². The Hall–Kier alpha value is -0.910. The van der Waals surface area contributed by atoms with Gasteiger partial charge in [0.25, 0.3) is 0 Å². The fourth-order valence-corrected chi connectivity index (χ4v) is 2.54. The molecular formula is C12H22N2O3S. The van der Waals surface area contributed by atoms with Crippen molar-refractivity contribution in [2.75, 3.05) is 31.6 Å². The Morgan fingerprint density at radius 3 is 2.94 bits per heavy atom. The summed E-state index contributed by atoms with van der Waals surface area (Å²) in [6.45, 7) is 2.16. The lowest BCUT2D eigenvalue weighted by atomic mass is 10.0. The molecule has 0 aliphatic carbocycles. The van der Waals surface area contributed by atoms with Crippen LogP contribution in [0.25, 0.3) is 0 Å². The normalized spacial score (nSPS) is 18.9. The fraction of sp³-hybridized carbons (Fsp3) is 0.833. The molecule has 5 nitrogen and oxygen atoms in total. The summed E-state index contributed by atoms with van der Waals surface area (Å²) in [5, 5.41) is 11.5. The average molecular weight is 274 g/mol. The van der Waals surface area contributed by atoms with Gasteiger partial charge in [-0.3, -0.25) is 4.79 Å². The first-order valence-electron chi connectivity index (χ1n) is 6.37. The van der Waals surface area contributed by atoms with E-state index in [0.717, 1.165) is 31.7 Å². The van der Waals surface area contributed by atoms with Gasteiger partial charge in [-0.05, 0) is 37.2 Å². The second-order valence-electron chi connectivity index (χ2n) is 4.61. The number of amides is 2. The highest BCUT2D eigenvalue weighted by Crippen LogP contribution is 2.20. The van der Waals surface area contributed by atoms with Gasteiger partial charge in [-0.25, -0.2) is 4.79 Å². The largest absolute Gasteiger partial charge is 0.481 e. The van der Waals surface area contributed by atoms with Crippen LogP contribution in [-0.4, -0.2) is 53.6 Å². The third kappa shape index (κ3) is 5.62. The number of carboxylic acid groups (broad SMARTS) is 1. The number of nitrogens with one attached hydrogen (secondary N) is 1. The van der Waals surface area contributed by atoms with Crippen LogP contribution in [-0.2, 0) is 4.79 Å². The predicted octanol–water partition coefficient (Wildman–Crippen LogP) is 1.64. The van der Waals surface area contributed by atoms with Crippen LogP contribution in [0.3, 0.4) is 0 Å². The van der Waals surface area contributed by atoms with Crippen LogP contribution in [0.5, 0.6) is 0 Å². The van der Waals surface area contributed by atoms with Gasteiger partial charge in [-0.1, -0.05) is 0 Å². The molecule has 0 aromatic carbocycles. The van der Waals surface area contributed by atoms with Gasteiger partial charge >= 0.3 is 12.0 Å². The molecule has 0 saturated carbocycles. The summed E-state index contributed by atoms with van der Waals surface area (Å²) < 4.78 is 0. The Morgan fingerprint density at radius 2 is 2.28 bits per heavy atom. The predicted molar refractivity (Wildman–Crippen MR) is 72.9 cm³/mol. The number of hydrogen-bond donors (Lipinski definition) is 2. The zero-order valence-electron chi connectivity index (χ0n) is 10.9. The minimum Gasteiger partial charge on any atom is -0.481 e. The zero-order valence-corrected chi connectivity index (χ0v) is 11.7. The van der Waals surface area contributed by atoms with E-state index < -0.39 is 5.97 Å². The molecule has 1 unspecified atom stereocenters. The third-order valence-electron chi connectivity index (χ3n) is 3.14. The highest BCUT2D eigenvalue weighted by molar-refractivity contribution is 7.98. The molecule has 0 aromatic rings. The molecule has 1 atom stereocenters. The van der Waals surface area contributed by atoms with Crippen molar-refractivity contribution in [1.82, 2.24) is 10.2 Å². The molecule has 0 radical (unpaired) electrons. The number of likely N-dealkylation sites (tertiary alicyclic amines) is 1. The summed E-state index contributed by atoms with van der Waals surface area (Å²) in [4.78, 5) is 24.1. The molecule has 0 spiro atoms. The second kappa shape index (κ2) is 8.24. The van der Waals surface area contributed by atoms with Crippen LogP contribution in [0.2, 0.25) is 0 Å².